The van der Waals surface area contributed by atoms with Gasteiger partial charge in [0.25, 0.3) is 5.91 Å². The monoisotopic (exact) mass is 356 g/mol. The maximum absolute atomic E-state index is 13.7. The smallest absolute Gasteiger partial charge is 0.254 e. The minimum absolute atomic E-state index is 0.0245. The van der Waals surface area contributed by atoms with Crippen LogP contribution in [0.1, 0.15) is 28.9 Å². The summed E-state index contributed by atoms with van der Waals surface area (Å²) in [6, 6.07) is 9.07. The molecule has 0 aliphatic heterocycles. The number of benzene rings is 2. The van der Waals surface area contributed by atoms with Crippen LogP contribution >= 0.6 is 11.6 Å². The lowest BCUT2D eigenvalue weighted by Gasteiger charge is -2.15. The lowest BCUT2D eigenvalue weighted by atomic mass is 10.1. The fraction of sp³-hybridized carbons (Fsp3) is 0.133. The Morgan fingerprint density at radius 3 is 2.35 bits per heavy atom. The number of carbonyl (C=O) groups excluding carboxylic acids is 1. The molecule has 2 rings (SSSR count). The molecule has 1 atom stereocenters. The van der Waals surface area contributed by atoms with E-state index in [1.54, 1.807) is 6.92 Å². The van der Waals surface area contributed by atoms with E-state index in [0.29, 0.717) is 5.56 Å². The molecule has 0 saturated heterocycles. The summed E-state index contributed by atoms with van der Waals surface area (Å²) in [6.45, 7) is 1.69. The van der Waals surface area contributed by atoms with Crippen LogP contribution in [0.3, 0.4) is 0 Å². The van der Waals surface area contributed by atoms with Crippen LogP contribution in [0, 0.1) is 5.82 Å². The lowest BCUT2D eigenvalue weighted by Crippen LogP contribution is -2.27. The molecule has 1 amide bonds. The highest BCUT2D eigenvalue weighted by molar-refractivity contribution is 7.89. The quantitative estimate of drug-likeness (QED) is 0.882. The van der Waals surface area contributed by atoms with Crippen LogP contribution in [0.4, 0.5) is 4.39 Å². The molecule has 0 aliphatic carbocycles. The lowest BCUT2D eigenvalue weighted by molar-refractivity contribution is 0.0936. The molecule has 3 N–H and O–H groups in total. The fourth-order valence-corrected chi connectivity index (χ4v) is 2.65. The molecular weight excluding hydrogens is 343 g/mol. The third-order valence-electron chi connectivity index (χ3n) is 3.23. The number of primary sulfonamides is 1. The first-order valence-corrected chi connectivity index (χ1v) is 8.49. The van der Waals surface area contributed by atoms with Crippen molar-refractivity contribution in [1.29, 1.82) is 0 Å². The summed E-state index contributed by atoms with van der Waals surface area (Å²) in [7, 11) is -3.77. The third kappa shape index (κ3) is 4.28. The van der Waals surface area contributed by atoms with Gasteiger partial charge in [0.05, 0.1) is 16.5 Å². The molecule has 23 heavy (non-hydrogen) atoms. The van der Waals surface area contributed by atoms with Gasteiger partial charge in [0, 0.05) is 5.02 Å². The summed E-state index contributed by atoms with van der Waals surface area (Å²) < 4.78 is 36.1. The predicted molar refractivity (Wildman–Crippen MR) is 85.1 cm³/mol. The van der Waals surface area contributed by atoms with Gasteiger partial charge in [-0.3, -0.25) is 4.79 Å². The van der Waals surface area contributed by atoms with Crippen molar-refractivity contribution in [2.24, 2.45) is 5.14 Å². The van der Waals surface area contributed by atoms with Crippen molar-refractivity contribution in [2.45, 2.75) is 17.9 Å². The SMILES string of the molecule is C[C@H](NC(=O)c1ccc(Cl)cc1F)c1ccc(S(N)(=O)=O)cc1. The fourth-order valence-electron chi connectivity index (χ4n) is 1.98. The highest BCUT2D eigenvalue weighted by Gasteiger charge is 2.16. The normalized spacial score (nSPS) is 12.7. The van der Waals surface area contributed by atoms with E-state index < -0.39 is 27.8 Å². The summed E-state index contributed by atoms with van der Waals surface area (Å²) in [5.74, 6) is -1.31. The Kier molecular flexibility index (Phi) is 5.03. The second-order valence-corrected chi connectivity index (χ2v) is 6.93. The molecule has 2 aromatic carbocycles. The number of carbonyl (C=O) groups is 1. The zero-order valence-electron chi connectivity index (χ0n) is 12.1. The third-order valence-corrected chi connectivity index (χ3v) is 4.40. The van der Waals surface area contributed by atoms with Gasteiger partial charge in [-0.25, -0.2) is 17.9 Å². The van der Waals surface area contributed by atoms with Crippen LogP contribution in [0.2, 0.25) is 5.02 Å². The van der Waals surface area contributed by atoms with Gasteiger partial charge in [0.15, 0.2) is 0 Å². The van der Waals surface area contributed by atoms with Crippen LogP contribution in [0.5, 0.6) is 0 Å². The van der Waals surface area contributed by atoms with Crippen molar-refractivity contribution in [2.75, 3.05) is 0 Å². The Bertz CT molecular complexity index is 838. The second-order valence-electron chi connectivity index (χ2n) is 4.93. The summed E-state index contributed by atoms with van der Waals surface area (Å²) in [4.78, 5) is 12.1. The molecular formula is C15H14ClFN2O3S. The van der Waals surface area contributed by atoms with Gasteiger partial charge in [-0.1, -0.05) is 23.7 Å². The Morgan fingerprint density at radius 1 is 1.22 bits per heavy atom. The van der Waals surface area contributed by atoms with Crippen LogP contribution in [0.25, 0.3) is 0 Å². The summed E-state index contributed by atoms with van der Waals surface area (Å²) in [5.41, 5.74) is 0.530. The first-order chi connectivity index (χ1) is 10.7. The van der Waals surface area contributed by atoms with Gasteiger partial charge in [-0.2, -0.15) is 0 Å². The number of amides is 1. The van der Waals surface area contributed by atoms with Crippen molar-refractivity contribution >= 4 is 27.5 Å². The van der Waals surface area contributed by atoms with E-state index in [-0.39, 0.29) is 15.5 Å². The van der Waals surface area contributed by atoms with Crippen molar-refractivity contribution in [1.82, 2.24) is 5.32 Å². The van der Waals surface area contributed by atoms with Crippen molar-refractivity contribution < 1.29 is 17.6 Å². The molecule has 8 heteroatoms. The average Bonchev–Trinajstić information content (AvgIpc) is 2.46. The van der Waals surface area contributed by atoms with Gasteiger partial charge in [-0.15, -0.1) is 0 Å². The van der Waals surface area contributed by atoms with E-state index in [1.165, 1.54) is 36.4 Å². The van der Waals surface area contributed by atoms with Gasteiger partial charge >= 0.3 is 0 Å². The van der Waals surface area contributed by atoms with E-state index in [0.717, 1.165) is 6.07 Å². The maximum atomic E-state index is 13.7. The van der Waals surface area contributed by atoms with E-state index >= 15 is 0 Å². The number of sulfonamides is 1. The molecule has 0 saturated carbocycles. The number of hydrogen-bond donors (Lipinski definition) is 2. The number of halogens is 2. The topological polar surface area (TPSA) is 89.3 Å². The van der Waals surface area contributed by atoms with Crippen molar-refractivity contribution in [3.63, 3.8) is 0 Å². The Hall–Kier alpha value is -1.96. The van der Waals surface area contributed by atoms with E-state index in [9.17, 15) is 17.6 Å². The van der Waals surface area contributed by atoms with E-state index in [1.807, 2.05) is 0 Å². The van der Waals surface area contributed by atoms with Crippen molar-refractivity contribution in [3.05, 3.63) is 64.4 Å². The molecule has 0 unspecified atom stereocenters. The van der Waals surface area contributed by atoms with Crippen LogP contribution in [0.15, 0.2) is 47.4 Å². The number of rotatable bonds is 4. The number of hydrogen-bond acceptors (Lipinski definition) is 3. The van der Waals surface area contributed by atoms with Crippen LogP contribution < -0.4 is 10.5 Å². The molecule has 2 aromatic rings. The minimum atomic E-state index is -3.77. The average molecular weight is 357 g/mol. The number of nitrogens with two attached hydrogens (primary N) is 1. The molecule has 0 radical (unpaired) electrons. The first kappa shape index (κ1) is 17.4. The standard InChI is InChI=1S/C15H14ClFN2O3S/c1-9(10-2-5-12(6-3-10)23(18,21)22)19-15(20)13-7-4-11(16)8-14(13)17/h2-9H,1H3,(H,19,20)(H2,18,21,22)/t9-/m0/s1. The predicted octanol–water partition coefficient (Wildman–Crippen LogP) is 2.62. The first-order valence-electron chi connectivity index (χ1n) is 6.57. The molecule has 0 heterocycles. The second kappa shape index (κ2) is 6.66. The zero-order chi connectivity index (χ0) is 17.2. The Morgan fingerprint density at radius 2 is 1.83 bits per heavy atom. The largest absolute Gasteiger partial charge is 0.345 e. The van der Waals surface area contributed by atoms with E-state index in [4.69, 9.17) is 16.7 Å². The highest BCUT2D eigenvalue weighted by atomic mass is 35.5. The highest BCUT2D eigenvalue weighted by Crippen LogP contribution is 2.18. The van der Waals surface area contributed by atoms with Gasteiger partial charge in [-0.05, 0) is 42.8 Å². The maximum Gasteiger partial charge on any atom is 0.254 e. The zero-order valence-corrected chi connectivity index (χ0v) is 13.7. The Balaban J connectivity index is 2.15. The summed E-state index contributed by atoms with van der Waals surface area (Å²) >= 11 is 5.64. The molecule has 0 fully saturated rings. The molecule has 0 spiro atoms. The van der Waals surface area contributed by atoms with Gasteiger partial charge in [0.1, 0.15) is 5.82 Å². The molecule has 5 nitrogen and oxygen atoms in total. The molecule has 0 aliphatic rings. The number of nitrogens with one attached hydrogen (secondary N) is 1. The van der Waals surface area contributed by atoms with Gasteiger partial charge < -0.3 is 5.32 Å². The van der Waals surface area contributed by atoms with Crippen LogP contribution in [-0.2, 0) is 10.0 Å². The van der Waals surface area contributed by atoms with Gasteiger partial charge in [0.2, 0.25) is 10.0 Å². The van der Waals surface area contributed by atoms with Crippen LogP contribution in [-0.4, -0.2) is 14.3 Å². The Labute approximate surface area is 138 Å². The van der Waals surface area contributed by atoms with Crippen molar-refractivity contribution in [3.8, 4) is 0 Å². The molecule has 0 aromatic heterocycles. The minimum Gasteiger partial charge on any atom is -0.345 e. The van der Waals surface area contributed by atoms with E-state index in [2.05, 4.69) is 5.32 Å². The summed E-state index contributed by atoms with van der Waals surface area (Å²) in [5, 5.41) is 7.85. The molecule has 122 valence electrons. The molecule has 0 bridgehead atoms. The summed E-state index contributed by atoms with van der Waals surface area (Å²) in [6.07, 6.45) is 0.